The molecule has 1 aromatic carbocycles. The minimum atomic E-state index is -0.100. The number of rotatable bonds is 1. The number of ether oxygens (including phenoxy) is 1. The molecule has 0 unspecified atom stereocenters. The van der Waals surface area contributed by atoms with E-state index in [9.17, 15) is 5.11 Å². The first kappa shape index (κ1) is 12.6. The minimum Gasteiger partial charge on any atom is -0.506 e. The Labute approximate surface area is 107 Å². The Morgan fingerprint density at radius 2 is 1.88 bits per heavy atom. The predicted molar refractivity (Wildman–Crippen MR) is 72.4 cm³/mol. The van der Waals surface area contributed by atoms with Crippen LogP contribution in [0.1, 0.15) is 37.0 Å². The first-order valence-corrected chi connectivity index (χ1v) is 7.18. The second-order valence-electron chi connectivity index (χ2n) is 5.30. The molecule has 0 spiro atoms. The van der Waals surface area contributed by atoms with Crippen molar-refractivity contribution in [2.75, 3.05) is 6.26 Å². The summed E-state index contributed by atoms with van der Waals surface area (Å²) in [5.74, 6) is 1.41. The highest BCUT2D eigenvalue weighted by molar-refractivity contribution is 7.98. The molecule has 94 valence electrons. The summed E-state index contributed by atoms with van der Waals surface area (Å²) in [5, 5.41) is 10.2. The Bertz CT molecular complexity index is 464. The number of fused-ring (bicyclic) bond motifs is 1. The van der Waals surface area contributed by atoms with Crippen molar-refractivity contribution in [3.05, 3.63) is 16.7 Å². The van der Waals surface area contributed by atoms with Gasteiger partial charge >= 0.3 is 0 Å². The number of phenols is 1. The molecule has 0 saturated carbocycles. The van der Waals surface area contributed by atoms with Gasteiger partial charge in [0.15, 0.2) is 0 Å². The lowest BCUT2D eigenvalue weighted by Gasteiger charge is -2.35. The zero-order chi connectivity index (χ0) is 12.8. The van der Waals surface area contributed by atoms with Crippen molar-refractivity contribution < 1.29 is 9.84 Å². The molecule has 0 saturated heterocycles. The van der Waals surface area contributed by atoms with E-state index in [-0.39, 0.29) is 5.60 Å². The van der Waals surface area contributed by atoms with Crippen LogP contribution in [0.15, 0.2) is 4.90 Å². The first-order chi connectivity index (χ1) is 7.87. The molecule has 0 atom stereocenters. The van der Waals surface area contributed by atoms with Crippen LogP contribution >= 0.6 is 11.8 Å². The summed E-state index contributed by atoms with van der Waals surface area (Å²) in [6, 6.07) is 0. The molecule has 2 rings (SSSR count). The molecule has 1 N–H and O–H groups in total. The fourth-order valence-corrected chi connectivity index (χ4v) is 3.18. The second kappa shape index (κ2) is 4.13. The van der Waals surface area contributed by atoms with E-state index >= 15 is 0 Å². The zero-order valence-electron chi connectivity index (χ0n) is 11.2. The van der Waals surface area contributed by atoms with Gasteiger partial charge in [0.25, 0.3) is 0 Å². The Balaban J connectivity index is 2.65. The Hall–Kier alpha value is -0.830. The minimum absolute atomic E-state index is 0.100. The van der Waals surface area contributed by atoms with E-state index in [4.69, 9.17) is 4.74 Å². The van der Waals surface area contributed by atoms with E-state index in [1.54, 1.807) is 11.8 Å². The summed E-state index contributed by atoms with van der Waals surface area (Å²) in [4.78, 5) is 0.943. The van der Waals surface area contributed by atoms with E-state index in [0.29, 0.717) is 5.75 Å². The Morgan fingerprint density at radius 3 is 2.47 bits per heavy atom. The van der Waals surface area contributed by atoms with Crippen LogP contribution in [0.3, 0.4) is 0 Å². The molecule has 17 heavy (non-hydrogen) atoms. The van der Waals surface area contributed by atoms with Gasteiger partial charge in [-0.15, -0.1) is 11.8 Å². The standard InChI is InChI=1S/C14H20O2S/c1-8-10-6-7-14(3,4)16-12(10)9(2)13(17-5)11(8)15/h15H,6-7H2,1-5H3. The average molecular weight is 252 g/mol. The molecular weight excluding hydrogens is 232 g/mol. The zero-order valence-corrected chi connectivity index (χ0v) is 12.0. The quantitative estimate of drug-likeness (QED) is 0.770. The third-order valence-corrected chi connectivity index (χ3v) is 4.45. The van der Waals surface area contributed by atoms with Crippen LogP contribution in [0.25, 0.3) is 0 Å². The maximum atomic E-state index is 10.2. The number of benzene rings is 1. The molecule has 0 aromatic heterocycles. The van der Waals surface area contributed by atoms with Crippen LogP contribution in [0, 0.1) is 13.8 Å². The highest BCUT2D eigenvalue weighted by atomic mass is 32.2. The molecule has 1 heterocycles. The van der Waals surface area contributed by atoms with Crippen LogP contribution in [-0.4, -0.2) is 17.0 Å². The maximum Gasteiger partial charge on any atom is 0.132 e. The topological polar surface area (TPSA) is 29.5 Å². The van der Waals surface area contributed by atoms with Crippen molar-refractivity contribution in [1.29, 1.82) is 0 Å². The van der Waals surface area contributed by atoms with Gasteiger partial charge in [-0.25, -0.2) is 0 Å². The molecule has 0 radical (unpaired) electrons. The van der Waals surface area contributed by atoms with E-state index in [2.05, 4.69) is 13.8 Å². The van der Waals surface area contributed by atoms with Gasteiger partial charge in [-0.3, -0.25) is 0 Å². The molecule has 2 nitrogen and oxygen atoms in total. The number of phenolic OH excluding ortho intramolecular Hbond substituents is 1. The van der Waals surface area contributed by atoms with Crippen LogP contribution < -0.4 is 4.74 Å². The molecule has 1 aromatic rings. The lowest BCUT2D eigenvalue weighted by atomic mass is 9.90. The maximum absolute atomic E-state index is 10.2. The number of aromatic hydroxyl groups is 1. The number of hydrogen-bond acceptors (Lipinski definition) is 3. The lowest BCUT2D eigenvalue weighted by molar-refractivity contribution is 0.0827. The molecule has 0 bridgehead atoms. The largest absolute Gasteiger partial charge is 0.506 e. The summed E-state index contributed by atoms with van der Waals surface area (Å²) in [7, 11) is 0. The molecule has 0 aliphatic carbocycles. The second-order valence-corrected chi connectivity index (χ2v) is 6.12. The van der Waals surface area contributed by atoms with Gasteiger partial charge in [0.05, 0.1) is 4.90 Å². The highest BCUT2D eigenvalue weighted by Gasteiger charge is 2.31. The van der Waals surface area contributed by atoms with E-state index in [0.717, 1.165) is 34.6 Å². The third-order valence-electron chi connectivity index (χ3n) is 3.54. The summed E-state index contributed by atoms with van der Waals surface area (Å²) in [6.45, 7) is 8.26. The SMILES string of the molecule is CSc1c(C)c2c(c(C)c1O)CCC(C)(C)O2. The third kappa shape index (κ3) is 2.01. The van der Waals surface area contributed by atoms with E-state index in [1.807, 2.05) is 20.1 Å². The molecule has 1 aliphatic rings. The summed E-state index contributed by atoms with van der Waals surface area (Å²) < 4.78 is 6.10. The fourth-order valence-electron chi connectivity index (χ4n) is 2.43. The van der Waals surface area contributed by atoms with Crippen molar-refractivity contribution in [3.8, 4) is 11.5 Å². The highest BCUT2D eigenvalue weighted by Crippen LogP contribution is 2.46. The van der Waals surface area contributed by atoms with Gasteiger partial charge in [-0.1, -0.05) is 0 Å². The molecule has 3 heteroatoms. The van der Waals surface area contributed by atoms with Crippen molar-refractivity contribution in [3.63, 3.8) is 0 Å². The summed E-state index contributed by atoms with van der Waals surface area (Å²) in [5.41, 5.74) is 3.13. The van der Waals surface area contributed by atoms with Crippen LogP contribution in [0.5, 0.6) is 11.5 Å². The van der Waals surface area contributed by atoms with Crippen molar-refractivity contribution in [2.24, 2.45) is 0 Å². The van der Waals surface area contributed by atoms with Gasteiger partial charge < -0.3 is 9.84 Å². The molecular formula is C14H20O2S. The molecule has 1 aliphatic heterocycles. The van der Waals surface area contributed by atoms with Crippen LogP contribution in [-0.2, 0) is 6.42 Å². The molecule has 0 amide bonds. The van der Waals surface area contributed by atoms with Gasteiger partial charge in [0, 0.05) is 11.1 Å². The van der Waals surface area contributed by atoms with E-state index in [1.165, 1.54) is 5.56 Å². The van der Waals surface area contributed by atoms with Crippen molar-refractivity contribution in [2.45, 2.75) is 51.0 Å². The fraction of sp³-hybridized carbons (Fsp3) is 0.571. The normalized spacial score (nSPS) is 17.5. The van der Waals surface area contributed by atoms with Crippen molar-refractivity contribution >= 4 is 11.8 Å². The lowest BCUT2D eigenvalue weighted by Crippen LogP contribution is -2.33. The number of hydrogen-bond donors (Lipinski definition) is 1. The van der Waals surface area contributed by atoms with Gasteiger partial charge in [0.1, 0.15) is 17.1 Å². The summed E-state index contributed by atoms with van der Waals surface area (Å²) >= 11 is 1.58. The summed E-state index contributed by atoms with van der Waals surface area (Å²) in [6.07, 6.45) is 3.97. The van der Waals surface area contributed by atoms with Gasteiger partial charge in [-0.05, 0) is 52.4 Å². The monoisotopic (exact) mass is 252 g/mol. The predicted octanol–water partition coefficient (Wildman–Crippen LogP) is 3.83. The number of thioether (sulfide) groups is 1. The smallest absolute Gasteiger partial charge is 0.132 e. The first-order valence-electron chi connectivity index (χ1n) is 5.95. The Morgan fingerprint density at radius 1 is 1.24 bits per heavy atom. The van der Waals surface area contributed by atoms with E-state index < -0.39 is 0 Å². The average Bonchev–Trinajstić information content (AvgIpc) is 2.26. The van der Waals surface area contributed by atoms with Crippen molar-refractivity contribution in [1.82, 2.24) is 0 Å². The van der Waals surface area contributed by atoms with Gasteiger partial charge in [-0.2, -0.15) is 0 Å². The van der Waals surface area contributed by atoms with Crippen LogP contribution in [0.2, 0.25) is 0 Å². The Kier molecular flexibility index (Phi) is 3.06. The molecule has 0 fully saturated rings. The van der Waals surface area contributed by atoms with Gasteiger partial charge in [0.2, 0.25) is 0 Å². The van der Waals surface area contributed by atoms with Crippen LogP contribution in [0.4, 0.5) is 0 Å².